The molecule has 4 aromatic heterocycles. The van der Waals surface area contributed by atoms with Gasteiger partial charge in [0, 0.05) is 72.6 Å². The van der Waals surface area contributed by atoms with Crippen molar-refractivity contribution in [2.24, 2.45) is 0 Å². The molecule has 0 radical (unpaired) electrons. The third-order valence-electron chi connectivity index (χ3n) is 6.29. The standard InChI is InChI=1S/C27H29FN6O/c1-3-35-11-9-18(2)25-16-32-27-26(30-10-8-19-14-31-23-7-5-4-6-22(19)23)33-24(17-34(25)27)20-12-21(28)15-29-13-20/h4-7,12-18,31H,3,8-11H2,1-2H3,(H,30,33). The molecule has 0 spiro atoms. The largest absolute Gasteiger partial charge is 0.382 e. The smallest absolute Gasteiger partial charge is 0.180 e. The number of anilines is 1. The Morgan fingerprint density at radius 2 is 2.09 bits per heavy atom. The summed E-state index contributed by atoms with van der Waals surface area (Å²) in [6.07, 6.45) is 10.4. The Balaban J connectivity index is 1.46. The van der Waals surface area contributed by atoms with Crippen LogP contribution in [0.15, 0.2) is 61.3 Å². The van der Waals surface area contributed by atoms with E-state index in [2.05, 4.69) is 49.9 Å². The zero-order valence-corrected chi connectivity index (χ0v) is 20.0. The number of rotatable bonds is 10. The number of nitrogens with one attached hydrogen (secondary N) is 2. The van der Waals surface area contributed by atoms with E-state index in [1.165, 1.54) is 23.2 Å². The van der Waals surface area contributed by atoms with E-state index in [4.69, 9.17) is 9.72 Å². The molecule has 35 heavy (non-hydrogen) atoms. The lowest BCUT2D eigenvalue weighted by Crippen LogP contribution is -2.10. The number of hydrogen-bond acceptors (Lipinski definition) is 5. The Labute approximate surface area is 203 Å². The maximum atomic E-state index is 13.9. The number of imidazole rings is 1. The highest BCUT2D eigenvalue weighted by atomic mass is 19.1. The number of H-pyrrole nitrogens is 1. The molecule has 1 atom stereocenters. The first-order valence-electron chi connectivity index (χ1n) is 12.0. The van der Waals surface area contributed by atoms with E-state index in [1.54, 1.807) is 6.20 Å². The van der Waals surface area contributed by atoms with E-state index in [0.717, 1.165) is 29.7 Å². The fraction of sp³-hybridized carbons (Fsp3) is 0.296. The molecule has 8 heteroatoms. The van der Waals surface area contributed by atoms with E-state index in [9.17, 15) is 4.39 Å². The van der Waals surface area contributed by atoms with Crippen LogP contribution in [0, 0.1) is 5.82 Å². The molecular weight excluding hydrogens is 443 g/mol. The van der Waals surface area contributed by atoms with Crippen LogP contribution in [-0.4, -0.2) is 44.1 Å². The van der Waals surface area contributed by atoms with Gasteiger partial charge in [-0.25, -0.2) is 14.4 Å². The van der Waals surface area contributed by atoms with Gasteiger partial charge in [0.15, 0.2) is 11.5 Å². The SMILES string of the molecule is CCOCCC(C)c1cnc2c(NCCc3c[nH]c4ccccc34)nc(-c3cncc(F)c3)cn12. The van der Waals surface area contributed by atoms with E-state index in [0.29, 0.717) is 36.8 Å². The predicted octanol–water partition coefficient (Wildman–Crippen LogP) is 5.60. The summed E-state index contributed by atoms with van der Waals surface area (Å²) in [7, 11) is 0. The van der Waals surface area contributed by atoms with Crippen LogP contribution in [0.1, 0.15) is 37.4 Å². The highest BCUT2D eigenvalue weighted by Gasteiger charge is 2.17. The Kier molecular flexibility index (Phi) is 6.72. The molecule has 180 valence electrons. The number of pyridine rings is 1. The Morgan fingerprint density at radius 1 is 1.20 bits per heavy atom. The minimum Gasteiger partial charge on any atom is -0.382 e. The maximum absolute atomic E-state index is 13.9. The van der Waals surface area contributed by atoms with E-state index >= 15 is 0 Å². The number of benzene rings is 1. The number of hydrogen-bond donors (Lipinski definition) is 2. The lowest BCUT2D eigenvalue weighted by atomic mass is 10.1. The molecule has 0 bridgehead atoms. The molecule has 5 aromatic rings. The quantitative estimate of drug-likeness (QED) is 0.259. The fourth-order valence-corrected chi connectivity index (χ4v) is 4.39. The summed E-state index contributed by atoms with van der Waals surface area (Å²) in [5, 5.41) is 4.69. The first-order valence-corrected chi connectivity index (χ1v) is 12.0. The van der Waals surface area contributed by atoms with Gasteiger partial charge in [0.2, 0.25) is 0 Å². The van der Waals surface area contributed by atoms with E-state index < -0.39 is 5.82 Å². The average Bonchev–Trinajstić information content (AvgIpc) is 3.49. The molecule has 0 fully saturated rings. The van der Waals surface area contributed by atoms with Crippen LogP contribution in [0.5, 0.6) is 0 Å². The average molecular weight is 473 g/mol. The molecule has 0 aliphatic carbocycles. The first kappa shape index (κ1) is 23.0. The van der Waals surface area contributed by atoms with Crippen molar-refractivity contribution in [3.05, 3.63) is 78.4 Å². The summed E-state index contributed by atoms with van der Waals surface area (Å²) in [6.45, 7) is 6.23. The van der Waals surface area contributed by atoms with E-state index in [1.807, 2.05) is 31.5 Å². The predicted molar refractivity (Wildman–Crippen MR) is 136 cm³/mol. The van der Waals surface area contributed by atoms with Gasteiger partial charge >= 0.3 is 0 Å². The number of ether oxygens (including phenoxy) is 1. The van der Waals surface area contributed by atoms with Gasteiger partial charge in [0.05, 0.1) is 11.9 Å². The molecule has 0 aliphatic rings. The normalized spacial score (nSPS) is 12.4. The number of halogens is 1. The highest BCUT2D eigenvalue weighted by molar-refractivity contribution is 5.83. The van der Waals surface area contributed by atoms with Gasteiger partial charge in [-0.05, 0) is 37.5 Å². The maximum Gasteiger partial charge on any atom is 0.180 e. The van der Waals surface area contributed by atoms with Crippen LogP contribution in [0.2, 0.25) is 0 Å². The molecule has 0 saturated carbocycles. The summed E-state index contributed by atoms with van der Waals surface area (Å²) in [4.78, 5) is 16.8. The molecule has 2 N–H and O–H groups in total. The molecule has 5 rings (SSSR count). The molecule has 4 heterocycles. The van der Waals surface area contributed by atoms with Crippen LogP contribution >= 0.6 is 0 Å². The Bertz CT molecular complexity index is 1440. The number of fused-ring (bicyclic) bond motifs is 2. The van der Waals surface area contributed by atoms with Crippen LogP contribution in [0.3, 0.4) is 0 Å². The molecule has 1 unspecified atom stereocenters. The van der Waals surface area contributed by atoms with Gasteiger partial charge in [0.25, 0.3) is 0 Å². The molecule has 7 nitrogen and oxygen atoms in total. The van der Waals surface area contributed by atoms with Crippen molar-refractivity contribution in [3.8, 4) is 11.3 Å². The lowest BCUT2D eigenvalue weighted by molar-refractivity contribution is 0.140. The Hall–Kier alpha value is -3.78. The van der Waals surface area contributed by atoms with Gasteiger partial charge in [-0.3, -0.25) is 9.38 Å². The van der Waals surface area contributed by atoms with Crippen LogP contribution in [-0.2, 0) is 11.2 Å². The summed E-state index contributed by atoms with van der Waals surface area (Å²) >= 11 is 0. The van der Waals surface area contributed by atoms with Crippen molar-refractivity contribution in [1.82, 2.24) is 24.3 Å². The second kappa shape index (κ2) is 10.2. The zero-order chi connectivity index (χ0) is 24.2. The summed E-state index contributed by atoms with van der Waals surface area (Å²) in [5.41, 5.74) is 5.43. The van der Waals surface area contributed by atoms with Crippen molar-refractivity contribution < 1.29 is 9.13 Å². The fourth-order valence-electron chi connectivity index (χ4n) is 4.39. The second-order valence-corrected chi connectivity index (χ2v) is 8.67. The van der Waals surface area contributed by atoms with Gasteiger partial charge in [-0.2, -0.15) is 0 Å². The van der Waals surface area contributed by atoms with Crippen molar-refractivity contribution in [3.63, 3.8) is 0 Å². The molecule has 0 aliphatic heterocycles. The molecule has 0 amide bonds. The van der Waals surface area contributed by atoms with Crippen molar-refractivity contribution in [2.75, 3.05) is 25.1 Å². The molecule has 1 aromatic carbocycles. The zero-order valence-electron chi connectivity index (χ0n) is 20.0. The number of para-hydroxylation sites is 1. The first-order chi connectivity index (χ1) is 17.1. The minimum atomic E-state index is -0.394. The van der Waals surface area contributed by atoms with Crippen LogP contribution in [0.4, 0.5) is 10.2 Å². The topological polar surface area (TPSA) is 80.1 Å². The van der Waals surface area contributed by atoms with Gasteiger partial charge < -0.3 is 15.0 Å². The van der Waals surface area contributed by atoms with Gasteiger partial charge in [0.1, 0.15) is 5.82 Å². The highest BCUT2D eigenvalue weighted by Crippen LogP contribution is 2.27. The monoisotopic (exact) mass is 472 g/mol. The van der Waals surface area contributed by atoms with E-state index in [-0.39, 0.29) is 5.92 Å². The van der Waals surface area contributed by atoms with Crippen LogP contribution in [0.25, 0.3) is 27.8 Å². The van der Waals surface area contributed by atoms with Gasteiger partial charge in [-0.1, -0.05) is 25.1 Å². The number of nitrogens with zero attached hydrogens (tertiary/aromatic N) is 4. The summed E-state index contributed by atoms with van der Waals surface area (Å²) in [5.74, 6) is 0.501. The van der Waals surface area contributed by atoms with Crippen molar-refractivity contribution in [1.29, 1.82) is 0 Å². The second-order valence-electron chi connectivity index (χ2n) is 8.67. The van der Waals surface area contributed by atoms with Crippen molar-refractivity contribution in [2.45, 2.75) is 32.6 Å². The molecule has 0 saturated heterocycles. The van der Waals surface area contributed by atoms with Crippen LogP contribution < -0.4 is 5.32 Å². The van der Waals surface area contributed by atoms with Crippen molar-refractivity contribution >= 4 is 22.4 Å². The minimum absolute atomic E-state index is 0.233. The third kappa shape index (κ3) is 4.88. The summed E-state index contributed by atoms with van der Waals surface area (Å²) < 4.78 is 21.5. The van der Waals surface area contributed by atoms with Gasteiger partial charge in [-0.15, -0.1) is 0 Å². The number of aromatic nitrogens is 5. The lowest BCUT2D eigenvalue weighted by Gasteiger charge is -2.14. The number of aromatic amines is 1. The Morgan fingerprint density at radius 3 is 2.94 bits per heavy atom. The summed E-state index contributed by atoms with van der Waals surface area (Å²) in [6, 6.07) is 9.73. The third-order valence-corrected chi connectivity index (χ3v) is 6.29. The molecular formula is C27H29FN6O.